The molecule has 0 radical (unpaired) electrons. The van der Waals surface area contributed by atoms with Crippen LogP contribution in [-0.2, 0) is 9.53 Å². The fourth-order valence-electron chi connectivity index (χ4n) is 2.80. The third kappa shape index (κ3) is 8.57. The van der Waals surface area contributed by atoms with E-state index in [-0.39, 0.29) is 11.5 Å². The Morgan fingerprint density at radius 2 is 1.64 bits per heavy atom. The summed E-state index contributed by atoms with van der Waals surface area (Å²) in [6.07, 6.45) is 14.3. The van der Waals surface area contributed by atoms with Gasteiger partial charge in [-0.05, 0) is 18.4 Å². The van der Waals surface area contributed by atoms with E-state index in [1.165, 1.54) is 52.1 Å². The van der Waals surface area contributed by atoms with Crippen molar-refractivity contribution in [2.24, 2.45) is 0 Å². The van der Waals surface area contributed by atoms with Crippen molar-refractivity contribution >= 4 is 14.0 Å². The van der Waals surface area contributed by atoms with Gasteiger partial charge in [0, 0.05) is 0 Å². The normalized spacial score (nSPS) is 13.8. The van der Waals surface area contributed by atoms with E-state index >= 15 is 0 Å². The smallest absolute Gasteiger partial charge is 0.310 e. The van der Waals surface area contributed by atoms with Crippen LogP contribution in [0.25, 0.3) is 0 Å². The molecule has 1 atom stereocenters. The van der Waals surface area contributed by atoms with Gasteiger partial charge in [-0.1, -0.05) is 83.8 Å². The Balaban J connectivity index is 4.41. The maximum atomic E-state index is 12.1. The molecule has 0 saturated carbocycles. The van der Waals surface area contributed by atoms with Gasteiger partial charge in [-0.3, -0.25) is 4.79 Å². The Labute approximate surface area is 139 Å². The Morgan fingerprint density at radius 3 is 2.09 bits per heavy atom. The van der Waals surface area contributed by atoms with Crippen LogP contribution in [0.4, 0.5) is 0 Å². The molecule has 22 heavy (non-hydrogen) atoms. The zero-order chi connectivity index (χ0) is 17.0. The Morgan fingerprint density at radius 1 is 1.09 bits per heavy atom. The van der Waals surface area contributed by atoms with Gasteiger partial charge in [0.2, 0.25) is 0 Å². The minimum atomic E-state index is -1.66. The molecule has 0 saturated heterocycles. The van der Waals surface area contributed by atoms with Gasteiger partial charge in [0.1, 0.15) is 0 Å². The van der Waals surface area contributed by atoms with Crippen LogP contribution < -0.4 is 0 Å². The number of esters is 1. The fraction of sp³-hybridized carbons (Fsp3) is 0.737. The minimum Gasteiger partial charge on any atom is -0.469 e. The standard InChI is InChI=1S/C19H36O2Si/c1-7-9-10-11-12-13-14-15-16-17(8-2)18(19(20)21-3)22(4,5)6/h8,16,18H,2,7,9-15H2,1,3-6H3/b17-16-. The van der Waals surface area contributed by atoms with Crippen molar-refractivity contribution in [3.8, 4) is 0 Å². The number of unbranched alkanes of at least 4 members (excludes halogenated alkanes) is 7. The molecule has 128 valence electrons. The van der Waals surface area contributed by atoms with Gasteiger partial charge in [-0.15, -0.1) is 0 Å². The van der Waals surface area contributed by atoms with Crippen LogP contribution in [0.1, 0.15) is 58.3 Å². The minimum absolute atomic E-state index is 0.0976. The van der Waals surface area contributed by atoms with E-state index in [4.69, 9.17) is 4.74 Å². The summed E-state index contributed by atoms with van der Waals surface area (Å²) in [6.45, 7) is 12.8. The van der Waals surface area contributed by atoms with Crippen molar-refractivity contribution in [2.45, 2.75) is 83.5 Å². The lowest BCUT2D eigenvalue weighted by Gasteiger charge is -2.27. The van der Waals surface area contributed by atoms with E-state index < -0.39 is 8.07 Å². The van der Waals surface area contributed by atoms with Crippen molar-refractivity contribution in [2.75, 3.05) is 7.11 Å². The van der Waals surface area contributed by atoms with Crippen LogP contribution in [0.2, 0.25) is 25.2 Å². The van der Waals surface area contributed by atoms with E-state index in [1.54, 1.807) is 0 Å². The van der Waals surface area contributed by atoms with Crippen LogP contribution in [0, 0.1) is 0 Å². The second kappa shape index (κ2) is 11.7. The average Bonchev–Trinajstić information content (AvgIpc) is 2.46. The number of hydrogen-bond acceptors (Lipinski definition) is 2. The average molecular weight is 325 g/mol. The van der Waals surface area contributed by atoms with Gasteiger partial charge in [0.15, 0.2) is 0 Å². The van der Waals surface area contributed by atoms with Crippen LogP contribution in [0.3, 0.4) is 0 Å². The third-order valence-corrected chi connectivity index (χ3v) is 6.36. The molecule has 0 amide bonds. The van der Waals surface area contributed by atoms with Crippen LogP contribution >= 0.6 is 0 Å². The lowest BCUT2D eigenvalue weighted by molar-refractivity contribution is -0.139. The quantitative estimate of drug-likeness (QED) is 0.187. The highest BCUT2D eigenvalue weighted by Crippen LogP contribution is 2.32. The molecule has 0 aromatic heterocycles. The van der Waals surface area contributed by atoms with Gasteiger partial charge in [0.05, 0.1) is 20.7 Å². The number of allylic oxidation sites excluding steroid dienone is 2. The summed E-state index contributed by atoms with van der Waals surface area (Å²) in [5.74, 6) is -0.107. The molecule has 3 heteroatoms. The SMILES string of the molecule is C=C/C(=C/CCCCCCCCC)C(C(=O)OC)[Si](C)(C)C. The first-order valence-corrected chi connectivity index (χ1v) is 12.4. The molecule has 0 aromatic carbocycles. The molecule has 0 spiro atoms. The van der Waals surface area contributed by atoms with Gasteiger partial charge in [0.25, 0.3) is 0 Å². The molecule has 0 aromatic rings. The third-order valence-electron chi connectivity index (χ3n) is 4.06. The Kier molecular flexibility index (Phi) is 11.3. The van der Waals surface area contributed by atoms with E-state index in [1.807, 2.05) is 6.08 Å². The van der Waals surface area contributed by atoms with Crippen molar-refractivity contribution in [1.29, 1.82) is 0 Å². The topological polar surface area (TPSA) is 26.3 Å². The van der Waals surface area contributed by atoms with E-state index in [0.29, 0.717) is 0 Å². The first kappa shape index (κ1) is 21.2. The van der Waals surface area contributed by atoms with Gasteiger partial charge >= 0.3 is 5.97 Å². The highest BCUT2D eigenvalue weighted by Gasteiger charge is 2.35. The molecule has 0 aliphatic heterocycles. The second-order valence-corrected chi connectivity index (χ2v) is 12.4. The second-order valence-electron chi connectivity index (χ2n) is 7.14. The maximum absolute atomic E-state index is 12.1. The highest BCUT2D eigenvalue weighted by molar-refractivity contribution is 6.81. The van der Waals surface area contributed by atoms with Gasteiger partial charge in [-0.25, -0.2) is 0 Å². The number of rotatable bonds is 12. The lowest BCUT2D eigenvalue weighted by Crippen LogP contribution is -2.35. The summed E-state index contributed by atoms with van der Waals surface area (Å²) in [5.41, 5.74) is 0.969. The summed E-state index contributed by atoms with van der Waals surface area (Å²) in [7, 11) is -0.181. The van der Waals surface area contributed by atoms with Gasteiger partial charge < -0.3 is 4.74 Å². The highest BCUT2D eigenvalue weighted by atomic mass is 28.3. The molecule has 2 nitrogen and oxygen atoms in total. The zero-order valence-electron chi connectivity index (χ0n) is 15.4. The Hall–Kier alpha value is -0.833. The maximum Gasteiger partial charge on any atom is 0.310 e. The molecule has 0 aliphatic rings. The molecule has 0 fully saturated rings. The predicted molar refractivity (Wildman–Crippen MR) is 100 cm³/mol. The van der Waals surface area contributed by atoms with Crippen LogP contribution in [0.15, 0.2) is 24.3 Å². The number of ether oxygens (including phenoxy) is 1. The first-order valence-electron chi connectivity index (χ1n) is 8.78. The molecule has 0 aliphatic carbocycles. The number of methoxy groups -OCH3 is 1. The summed E-state index contributed by atoms with van der Waals surface area (Å²) >= 11 is 0. The number of carbonyl (C=O) groups is 1. The molecule has 0 heterocycles. The molecular weight excluding hydrogens is 288 g/mol. The van der Waals surface area contributed by atoms with Crippen LogP contribution in [-0.4, -0.2) is 21.2 Å². The van der Waals surface area contributed by atoms with E-state index in [9.17, 15) is 4.79 Å². The zero-order valence-corrected chi connectivity index (χ0v) is 16.4. The molecule has 0 N–H and O–H groups in total. The monoisotopic (exact) mass is 324 g/mol. The van der Waals surface area contributed by atoms with E-state index in [2.05, 4.69) is 39.2 Å². The predicted octanol–water partition coefficient (Wildman–Crippen LogP) is 6.12. The lowest BCUT2D eigenvalue weighted by atomic mass is 10.1. The van der Waals surface area contributed by atoms with Crippen molar-refractivity contribution in [1.82, 2.24) is 0 Å². The van der Waals surface area contributed by atoms with Crippen molar-refractivity contribution in [3.05, 3.63) is 24.3 Å². The van der Waals surface area contributed by atoms with Crippen LogP contribution in [0.5, 0.6) is 0 Å². The van der Waals surface area contributed by atoms with Crippen molar-refractivity contribution in [3.63, 3.8) is 0 Å². The molecular formula is C19H36O2Si. The van der Waals surface area contributed by atoms with Crippen molar-refractivity contribution < 1.29 is 9.53 Å². The summed E-state index contributed by atoms with van der Waals surface area (Å²) in [5, 5.41) is 0. The van der Waals surface area contributed by atoms with E-state index in [0.717, 1.165) is 12.0 Å². The largest absolute Gasteiger partial charge is 0.469 e. The number of carbonyl (C=O) groups excluding carboxylic acids is 1. The Bertz CT molecular complexity index is 353. The fourth-order valence-corrected chi connectivity index (χ4v) is 4.86. The number of hydrogen-bond donors (Lipinski definition) is 0. The van der Waals surface area contributed by atoms with Gasteiger partial charge in [-0.2, -0.15) is 0 Å². The first-order chi connectivity index (χ1) is 10.4. The molecule has 1 unspecified atom stereocenters. The summed E-state index contributed by atoms with van der Waals surface area (Å²) < 4.78 is 5.01. The molecule has 0 bridgehead atoms. The summed E-state index contributed by atoms with van der Waals surface area (Å²) in [4.78, 5) is 12.1. The summed E-state index contributed by atoms with van der Waals surface area (Å²) in [6, 6.07) is 0. The molecule has 0 rings (SSSR count).